The molecule has 120 valence electrons. The number of nitrogens with two attached hydrogens (primary N) is 1. The number of ether oxygens (including phenoxy) is 1. The van der Waals surface area contributed by atoms with E-state index in [-0.39, 0.29) is 16.5 Å². The van der Waals surface area contributed by atoms with Gasteiger partial charge in [-0.3, -0.25) is 0 Å². The summed E-state index contributed by atoms with van der Waals surface area (Å²) in [5, 5.41) is 0. The molecule has 0 aliphatic heterocycles. The second-order valence-electron chi connectivity index (χ2n) is 5.94. The molecule has 1 aliphatic carbocycles. The first-order valence-corrected chi connectivity index (χ1v) is 8.77. The molecule has 3 N–H and O–H groups in total. The highest BCUT2D eigenvalue weighted by atomic mass is 32.2. The minimum absolute atomic E-state index is 0.171. The molecule has 1 aromatic heterocycles. The molecular weight excluding hydrogens is 290 g/mol. The van der Waals surface area contributed by atoms with E-state index in [1.807, 2.05) is 18.4 Å². The van der Waals surface area contributed by atoms with Crippen LogP contribution in [0.4, 0.5) is 0 Å². The van der Waals surface area contributed by atoms with Crippen molar-refractivity contribution in [1.82, 2.24) is 9.29 Å². The van der Waals surface area contributed by atoms with Gasteiger partial charge in [0.15, 0.2) is 0 Å². The topological polar surface area (TPSA) is 86.3 Å². The number of hydrogen-bond acceptors (Lipinski definition) is 4. The van der Waals surface area contributed by atoms with Crippen LogP contribution < -0.4 is 10.5 Å². The SMILES string of the molecule is COC1(CNS(=O)(=O)c2cc(CN)n(C(C)C)c2)CCC1. The molecule has 1 aliphatic rings. The van der Waals surface area contributed by atoms with Gasteiger partial charge in [0.05, 0.1) is 10.5 Å². The minimum atomic E-state index is -3.53. The Kier molecular flexibility index (Phi) is 4.77. The number of nitrogens with zero attached hydrogens (tertiary/aromatic N) is 1. The predicted molar refractivity (Wildman–Crippen MR) is 81.5 cm³/mol. The monoisotopic (exact) mass is 315 g/mol. The van der Waals surface area contributed by atoms with Gasteiger partial charge in [-0.15, -0.1) is 0 Å². The Morgan fingerprint density at radius 1 is 1.48 bits per heavy atom. The summed E-state index contributed by atoms with van der Waals surface area (Å²) in [6, 6.07) is 1.81. The molecule has 21 heavy (non-hydrogen) atoms. The van der Waals surface area contributed by atoms with Crippen LogP contribution in [0.1, 0.15) is 44.8 Å². The van der Waals surface area contributed by atoms with Crippen molar-refractivity contribution in [2.75, 3.05) is 13.7 Å². The molecule has 0 bridgehead atoms. The van der Waals surface area contributed by atoms with E-state index >= 15 is 0 Å². The highest BCUT2D eigenvalue weighted by Gasteiger charge is 2.38. The molecule has 7 heteroatoms. The quantitative estimate of drug-likeness (QED) is 0.796. The summed E-state index contributed by atoms with van der Waals surface area (Å²) in [4.78, 5) is 0.266. The van der Waals surface area contributed by atoms with Crippen LogP contribution >= 0.6 is 0 Å². The molecule has 0 saturated heterocycles. The van der Waals surface area contributed by atoms with Gasteiger partial charge in [0.2, 0.25) is 10.0 Å². The van der Waals surface area contributed by atoms with Crippen molar-refractivity contribution >= 4 is 10.0 Å². The molecule has 2 rings (SSSR count). The zero-order chi connectivity index (χ0) is 15.7. The number of rotatable bonds is 7. The smallest absolute Gasteiger partial charge is 0.242 e. The average molecular weight is 315 g/mol. The van der Waals surface area contributed by atoms with Crippen molar-refractivity contribution < 1.29 is 13.2 Å². The summed E-state index contributed by atoms with van der Waals surface area (Å²) in [5.41, 5.74) is 6.17. The van der Waals surface area contributed by atoms with Crippen LogP contribution in [0, 0.1) is 0 Å². The van der Waals surface area contributed by atoms with Crippen LogP contribution in [0.2, 0.25) is 0 Å². The number of methoxy groups -OCH3 is 1. The van der Waals surface area contributed by atoms with E-state index in [0.29, 0.717) is 13.1 Å². The minimum Gasteiger partial charge on any atom is -0.377 e. The Hall–Kier alpha value is -0.890. The van der Waals surface area contributed by atoms with Gasteiger partial charge in [0.1, 0.15) is 0 Å². The predicted octanol–water partition coefficient (Wildman–Crippen LogP) is 1.38. The third kappa shape index (κ3) is 3.31. The number of hydrogen-bond donors (Lipinski definition) is 2. The summed E-state index contributed by atoms with van der Waals surface area (Å²) in [6.45, 7) is 4.63. The first-order chi connectivity index (χ1) is 9.83. The Morgan fingerprint density at radius 3 is 2.52 bits per heavy atom. The van der Waals surface area contributed by atoms with Crippen LogP contribution in [-0.2, 0) is 21.3 Å². The Labute approximate surface area is 126 Å². The van der Waals surface area contributed by atoms with Crippen molar-refractivity contribution in [3.05, 3.63) is 18.0 Å². The fourth-order valence-electron chi connectivity index (χ4n) is 2.62. The summed E-state index contributed by atoms with van der Waals surface area (Å²) in [5.74, 6) is 0. The van der Waals surface area contributed by atoms with E-state index in [0.717, 1.165) is 25.0 Å². The average Bonchev–Trinajstić information content (AvgIpc) is 2.83. The lowest BCUT2D eigenvalue weighted by molar-refractivity contribution is -0.0659. The molecule has 1 saturated carbocycles. The van der Waals surface area contributed by atoms with E-state index in [1.165, 1.54) is 0 Å². The van der Waals surface area contributed by atoms with Crippen LogP contribution in [0.15, 0.2) is 17.2 Å². The first-order valence-electron chi connectivity index (χ1n) is 7.29. The first kappa shape index (κ1) is 16.5. The van der Waals surface area contributed by atoms with E-state index in [9.17, 15) is 8.42 Å². The van der Waals surface area contributed by atoms with Crippen molar-refractivity contribution in [1.29, 1.82) is 0 Å². The van der Waals surface area contributed by atoms with Gasteiger partial charge < -0.3 is 15.0 Å². The molecule has 0 spiro atoms. The summed E-state index contributed by atoms with van der Waals surface area (Å²) < 4.78 is 34.8. The molecule has 6 nitrogen and oxygen atoms in total. The molecule has 0 aromatic carbocycles. The summed E-state index contributed by atoms with van der Waals surface area (Å²) >= 11 is 0. The van der Waals surface area contributed by atoms with Gasteiger partial charge >= 0.3 is 0 Å². The Balaban J connectivity index is 2.16. The Morgan fingerprint density at radius 2 is 2.14 bits per heavy atom. The van der Waals surface area contributed by atoms with Crippen molar-refractivity contribution in [2.24, 2.45) is 5.73 Å². The maximum atomic E-state index is 12.4. The fraction of sp³-hybridized carbons (Fsp3) is 0.714. The van der Waals surface area contributed by atoms with Gasteiger partial charge in [0, 0.05) is 38.1 Å². The molecule has 0 radical (unpaired) electrons. The number of aromatic nitrogens is 1. The number of sulfonamides is 1. The van der Waals surface area contributed by atoms with Crippen LogP contribution in [-0.4, -0.2) is 32.2 Å². The van der Waals surface area contributed by atoms with E-state index < -0.39 is 10.0 Å². The van der Waals surface area contributed by atoms with Crippen molar-refractivity contribution in [3.63, 3.8) is 0 Å². The van der Waals surface area contributed by atoms with E-state index in [4.69, 9.17) is 10.5 Å². The fourth-order valence-corrected chi connectivity index (χ4v) is 3.79. The van der Waals surface area contributed by atoms with Crippen LogP contribution in [0.25, 0.3) is 0 Å². The maximum Gasteiger partial charge on any atom is 0.242 e. The Bertz CT molecular complexity index is 583. The third-order valence-corrected chi connectivity index (χ3v) is 5.63. The standard InChI is InChI=1S/C14H25N3O3S/c1-11(2)17-9-13(7-12(17)8-15)21(18,19)16-10-14(20-3)5-4-6-14/h7,9,11,16H,4-6,8,10,15H2,1-3H3. The van der Waals surface area contributed by atoms with Gasteiger partial charge in [-0.25, -0.2) is 13.1 Å². The number of nitrogens with one attached hydrogen (secondary N) is 1. The van der Waals surface area contributed by atoms with Gasteiger partial charge in [0.25, 0.3) is 0 Å². The van der Waals surface area contributed by atoms with Gasteiger partial charge in [-0.2, -0.15) is 0 Å². The van der Waals surface area contributed by atoms with Crippen molar-refractivity contribution in [2.45, 2.75) is 56.2 Å². The van der Waals surface area contributed by atoms with E-state index in [2.05, 4.69) is 4.72 Å². The zero-order valence-corrected chi connectivity index (χ0v) is 13.7. The lowest BCUT2D eigenvalue weighted by Crippen LogP contribution is -2.49. The van der Waals surface area contributed by atoms with Crippen LogP contribution in [0.5, 0.6) is 0 Å². The highest BCUT2D eigenvalue weighted by molar-refractivity contribution is 7.89. The van der Waals surface area contributed by atoms with Crippen LogP contribution in [0.3, 0.4) is 0 Å². The molecule has 1 fully saturated rings. The maximum absolute atomic E-state index is 12.4. The van der Waals surface area contributed by atoms with Gasteiger partial charge in [-0.1, -0.05) is 0 Å². The normalized spacial score (nSPS) is 18.0. The highest BCUT2D eigenvalue weighted by Crippen LogP contribution is 2.34. The lowest BCUT2D eigenvalue weighted by Gasteiger charge is -2.40. The molecule has 0 atom stereocenters. The largest absolute Gasteiger partial charge is 0.377 e. The molecular formula is C14H25N3O3S. The molecule has 0 unspecified atom stereocenters. The van der Waals surface area contributed by atoms with Gasteiger partial charge in [-0.05, 0) is 39.2 Å². The second-order valence-corrected chi connectivity index (χ2v) is 7.70. The third-order valence-electron chi connectivity index (χ3n) is 4.26. The summed E-state index contributed by atoms with van der Waals surface area (Å²) in [6.07, 6.45) is 4.52. The second kappa shape index (κ2) is 6.08. The lowest BCUT2D eigenvalue weighted by atomic mass is 9.80. The molecule has 0 amide bonds. The molecule has 1 aromatic rings. The molecule has 1 heterocycles. The van der Waals surface area contributed by atoms with E-state index in [1.54, 1.807) is 19.4 Å². The summed E-state index contributed by atoms with van der Waals surface area (Å²) in [7, 11) is -1.90. The van der Waals surface area contributed by atoms with Crippen molar-refractivity contribution in [3.8, 4) is 0 Å². The zero-order valence-electron chi connectivity index (χ0n) is 12.9.